The average molecular weight is 500 g/mol. The van der Waals surface area contributed by atoms with Gasteiger partial charge in [0, 0.05) is 13.1 Å². The molecule has 1 saturated heterocycles. The molecular weight excluding hydrogens is 462 g/mol. The van der Waals surface area contributed by atoms with Gasteiger partial charge in [-0.1, -0.05) is 13.8 Å². The Morgan fingerprint density at radius 3 is 2.29 bits per heavy atom. The molecule has 1 fully saturated rings. The van der Waals surface area contributed by atoms with Crippen molar-refractivity contribution in [2.24, 2.45) is 28.1 Å². The van der Waals surface area contributed by atoms with Gasteiger partial charge in [-0.25, -0.2) is 4.79 Å². The number of carboxylic acids is 2. The van der Waals surface area contributed by atoms with Crippen LogP contribution in [-0.4, -0.2) is 88.0 Å². The van der Waals surface area contributed by atoms with Gasteiger partial charge in [0.25, 0.3) is 0 Å². The van der Waals surface area contributed by atoms with Crippen molar-refractivity contribution in [3.05, 3.63) is 0 Å². The second-order valence-electron chi connectivity index (χ2n) is 8.93. The van der Waals surface area contributed by atoms with E-state index in [1.54, 1.807) is 13.8 Å². The Balaban J connectivity index is 2.85. The van der Waals surface area contributed by atoms with E-state index in [1.165, 1.54) is 4.90 Å². The van der Waals surface area contributed by atoms with Crippen LogP contribution in [0.3, 0.4) is 0 Å². The van der Waals surface area contributed by atoms with Gasteiger partial charge in [0.15, 0.2) is 5.96 Å². The lowest BCUT2D eigenvalue weighted by Gasteiger charge is -2.28. The maximum Gasteiger partial charge on any atom is 0.326 e. The van der Waals surface area contributed by atoms with Crippen molar-refractivity contribution in [1.29, 1.82) is 0 Å². The standard InChI is InChI=1S/C21H37N7O7/c1-11(2)9-14(20(34)35)27-17(31)13(10-16(29)30)26-18(32)15-6-4-8-28(15)19(33)12(22)5-3-7-25-21(23)24/h11-15H,3-10,22H2,1-2H3,(H,26,32)(H,27,31)(H,29,30)(H,34,35)(H4,23,24,25). The van der Waals surface area contributed by atoms with Crippen LogP contribution in [0.2, 0.25) is 0 Å². The fourth-order valence-electron chi connectivity index (χ4n) is 3.78. The van der Waals surface area contributed by atoms with Gasteiger partial charge in [0.05, 0.1) is 12.5 Å². The van der Waals surface area contributed by atoms with Crippen molar-refractivity contribution in [2.45, 2.75) is 76.5 Å². The predicted molar refractivity (Wildman–Crippen MR) is 126 cm³/mol. The number of guanidine groups is 1. The number of carbonyl (C=O) groups is 5. The quantitative estimate of drug-likeness (QED) is 0.0781. The number of rotatable bonds is 14. The van der Waals surface area contributed by atoms with Crippen LogP contribution in [0.4, 0.5) is 0 Å². The summed E-state index contributed by atoms with van der Waals surface area (Å²) in [5, 5.41) is 23.2. The molecule has 14 heteroatoms. The third kappa shape index (κ3) is 10.2. The highest BCUT2D eigenvalue weighted by Crippen LogP contribution is 2.19. The molecule has 35 heavy (non-hydrogen) atoms. The van der Waals surface area contributed by atoms with Crippen LogP contribution < -0.4 is 27.8 Å². The van der Waals surface area contributed by atoms with Gasteiger partial charge in [-0.05, 0) is 38.0 Å². The summed E-state index contributed by atoms with van der Waals surface area (Å²) in [5.41, 5.74) is 16.5. The first-order chi connectivity index (χ1) is 16.3. The molecule has 0 spiro atoms. The number of nitrogens with one attached hydrogen (secondary N) is 2. The predicted octanol–water partition coefficient (Wildman–Crippen LogP) is -2.07. The Bertz CT molecular complexity index is 814. The molecule has 0 radical (unpaired) electrons. The van der Waals surface area contributed by atoms with Crippen LogP contribution >= 0.6 is 0 Å². The molecule has 14 nitrogen and oxygen atoms in total. The molecule has 0 aromatic heterocycles. The molecule has 1 aliphatic rings. The summed E-state index contributed by atoms with van der Waals surface area (Å²) in [6.45, 7) is 4.13. The molecule has 0 bridgehead atoms. The van der Waals surface area contributed by atoms with Crippen molar-refractivity contribution in [2.75, 3.05) is 13.1 Å². The molecule has 10 N–H and O–H groups in total. The molecule has 0 aromatic rings. The molecule has 0 saturated carbocycles. The van der Waals surface area contributed by atoms with E-state index in [0.29, 0.717) is 25.8 Å². The van der Waals surface area contributed by atoms with Gasteiger partial charge < -0.3 is 42.9 Å². The maximum atomic E-state index is 12.9. The summed E-state index contributed by atoms with van der Waals surface area (Å²) in [4.78, 5) is 66.3. The zero-order chi connectivity index (χ0) is 26.7. The van der Waals surface area contributed by atoms with E-state index in [2.05, 4.69) is 15.6 Å². The minimum Gasteiger partial charge on any atom is -0.481 e. The lowest BCUT2D eigenvalue weighted by atomic mass is 10.0. The Morgan fingerprint density at radius 2 is 1.74 bits per heavy atom. The summed E-state index contributed by atoms with van der Waals surface area (Å²) in [5.74, 6) is -4.83. The van der Waals surface area contributed by atoms with Crippen molar-refractivity contribution in [3.8, 4) is 0 Å². The van der Waals surface area contributed by atoms with Gasteiger partial charge in [-0.2, -0.15) is 0 Å². The number of carbonyl (C=O) groups excluding carboxylic acids is 3. The molecular formula is C21H37N7O7. The van der Waals surface area contributed by atoms with E-state index < -0.39 is 60.2 Å². The number of hydrogen-bond donors (Lipinski definition) is 7. The summed E-state index contributed by atoms with van der Waals surface area (Å²) in [7, 11) is 0. The van der Waals surface area contributed by atoms with Crippen LogP contribution in [0.25, 0.3) is 0 Å². The molecule has 4 unspecified atom stereocenters. The smallest absolute Gasteiger partial charge is 0.326 e. The van der Waals surface area contributed by atoms with E-state index in [1.807, 2.05) is 0 Å². The molecule has 0 aliphatic carbocycles. The van der Waals surface area contributed by atoms with Gasteiger partial charge >= 0.3 is 11.9 Å². The third-order valence-electron chi connectivity index (χ3n) is 5.46. The zero-order valence-corrected chi connectivity index (χ0v) is 20.1. The van der Waals surface area contributed by atoms with Gasteiger partial charge in [0.1, 0.15) is 18.1 Å². The molecule has 1 heterocycles. The van der Waals surface area contributed by atoms with E-state index in [4.69, 9.17) is 17.2 Å². The number of aliphatic carboxylic acids is 2. The third-order valence-corrected chi connectivity index (χ3v) is 5.46. The molecule has 198 valence electrons. The number of carboxylic acid groups (broad SMARTS) is 2. The highest BCUT2D eigenvalue weighted by Gasteiger charge is 2.38. The van der Waals surface area contributed by atoms with E-state index in [-0.39, 0.29) is 31.3 Å². The molecule has 1 aliphatic heterocycles. The monoisotopic (exact) mass is 499 g/mol. The first-order valence-electron chi connectivity index (χ1n) is 11.5. The molecule has 3 amide bonds. The molecule has 1 rings (SSSR count). The second kappa shape index (κ2) is 14.1. The van der Waals surface area contributed by atoms with Crippen LogP contribution in [0.5, 0.6) is 0 Å². The largest absolute Gasteiger partial charge is 0.481 e. The molecule has 0 aromatic carbocycles. The number of amides is 3. The first-order valence-corrected chi connectivity index (χ1v) is 11.5. The van der Waals surface area contributed by atoms with E-state index in [9.17, 15) is 34.2 Å². The minimum absolute atomic E-state index is 0.0503. The van der Waals surface area contributed by atoms with E-state index in [0.717, 1.165) is 0 Å². The van der Waals surface area contributed by atoms with Crippen LogP contribution in [0.1, 0.15) is 52.4 Å². The number of nitrogens with two attached hydrogens (primary N) is 3. The second-order valence-corrected chi connectivity index (χ2v) is 8.93. The Labute approximate surface area is 203 Å². The van der Waals surface area contributed by atoms with Gasteiger partial charge in [0.2, 0.25) is 17.7 Å². The lowest BCUT2D eigenvalue weighted by molar-refractivity contribution is -0.145. The van der Waals surface area contributed by atoms with Crippen LogP contribution in [0, 0.1) is 5.92 Å². The summed E-state index contributed by atoms with van der Waals surface area (Å²) < 4.78 is 0. The summed E-state index contributed by atoms with van der Waals surface area (Å²) in [6, 6.07) is -4.57. The summed E-state index contributed by atoms with van der Waals surface area (Å²) >= 11 is 0. The van der Waals surface area contributed by atoms with Crippen molar-refractivity contribution in [1.82, 2.24) is 15.5 Å². The van der Waals surface area contributed by atoms with Gasteiger partial charge in [-0.15, -0.1) is 0 Å². The van der Waals surface area contributed by atoms with E-state index >= 15 is 0 Å². The Kier molecular flexibility index (Phi) is 11.9. The highest BCUT2D eigenvalue weighted by molar-refractivity contribution is 5.95. The normalized spacial score (nSPS) is 17.8. The van der Waals surface area contributed by atoms with Crippen LogP contribution in [0.15, 0.2) is 4.99 Å². The summed E-state index contributed by atoms with van der Waals surface area (Å²) in [6.07, 6.45) is 0.951. The fraction of sp³-hybridized carbons (Fsp3) is 0.714. The molecule has 4 atom stereocenters. The fourth-order valence-corrected chi connectivity index (χ4v) is 3.78. The SMILES string of the molecule is CC(C)CC(NC(=O)C(CC(=O)O)NC(=O)C1CCCN1C(=O)C(N)CCCN=C(N)N)C(=O)O. The van der Waals surface area contributed by atoms with Crippen LogP contribution in [-0.2, 0) is 24.0 Å². The Hall–Kier alpha value is -3.42. The zero-order valence-electron chi connectivity index (χ0n) is 20.1. The maximum absolute atomic E-state index is 12.9. The van der Waals surface area contributed by atoms with Crippen molar-refractivity contribution in [3.63, 3.8) is 0 Å². The average Bonchev–Trinajstić information content (AvgIpc) is 3.24. The lowest BCUT2D eigenvalue weighted by Crippen LogP contribution is -2.57. The number of aliphatic imine (C=N–C) groups is 1. The van der Waals surface area contributed by atoms with Crippen molar-refractivity contribution >= 4 is 35.6 Å². The van der Waals surface area contributed by atoms with Crippen molar-refractivity contribution < 1.29 is 34.2 Å². The number of nitrogens with zero attached hydrogens (tertiary/aromatic N) is 2. The number of likely N-dealkylation sites (tertiary alicyclic amines) is 1. The topological polar surface area (TPSA) is 244 Å². The highest BCUT2D eigenvalue weighted by atomic mass is 16.4. The van der Waals surface area contributed by atoms with Gasteiger partial charge in [-0.3, -0.25) is 24.2 Å². The number of hydrogen-bond acceptors (Lipinski definition) is 7. The Morgan fingerprint density at radius 1 is 1.09 bits per heavy atom. The first kappa shape index (κ1) is 29.6. The minimum atomic E-state index is -1.51.